The summed E-state index contributed by atoms with van der Waals surface area (Å²) in [6.07, 6.45) is -0.324. The first-order valence-corrected chi connectivity index (χ1v) is 4.20. The molecule has 0 aromatic rings. The monoisotopic (exact) mass is 163 g/mol. The van der Waals surface area contributed by atoms with Crippen LogP contribution in [0.5, 0.6) is 0 Å². The Morgan fingerprint density at radius 2 is 1.82 bits per heavy atom. The van der Waals surface area contributed by atoms with E-state index in [1.807, 2.05) is 0 Å². The van der Waals surface area contributed by atoms with Gasteiger partial charge in [-0.1, -0.05) is 6.92 Å². The highest BCUT2D eigenvalue weighted by molar-refractivity contribution is 4.74. The summed E-state index contributed by atoms with van der Waals surface area (Å²) in [6, 6.07) is 0. The third-order valence-corrected chi connectivity index (χ3v) is 2.52. The van der Waals surface area contributed by atoms with Crippen molar-refractivity contribution in [2.45, 2.75) is 26.2 Å². The van der Waals surface area contributed by atoms with Crippen molar-refractivity contribution in [3.05, 3.63) is 0 Å². The van der Waals surface area contributed by atoms with Crippen LogP contribution in [0.3, 0.4) is 0 Å². The Labute approximate surface area is 66.2 Å². The molecule has 1 heterocycles. The van der Waals surface area contributed by atoms with Gasteiger partial charge in [-0.15, -0.1) is 0 Å². The zero-order chi connectivity index (χ0) is 8.27. The summed E-state index contributed by atoms with van der Waals surface area (Å²) < 4.78 is 24.4. The first-order valence-electron chi connectivity index (χ1n) is 4.20. The second-order valence-electron chi connectivity index (χ2n) is 3.28. The lowest BCUT2D eigenvalue weighted by Gasteiger charge is -2.27. The standard InChI is InChI=1S/C8H15F2N/c1-6(8(9)10)7-2-4-11-5-3-7/h6-8,11H,2-5H2,1H3. The van der Waals surface area contributed by atoms with Gasteiger partial charge in [0, 0.05) is 5.92 Å². The van der Waals surface area contributed by atoms with Crippen LogP contribution in [0.2, 0.25) is 0 Å². The van der Waals surface area contributed by atoms with Crippen LogP contribution in [0.4, 0.5) is 8.78 Å². The molecule has 0 saturated carbocycles. The van der Waals surface area contributed by atoms with Crippen molar-refractivity contribution in [1.82, 2.24) is 5.32 Å². The first-order chi connectivity index (χ1) is 5.22. The summed E-state index contributed by atoms with van der Waals surface area (Å²) in [5.74, 6) is -0.187. The fourth-order valence-corrected chi connectivity index (χ4v) is 1.58. The molecule has 66 valence electrons. The van der Waals surface area contributed by atoms with Crippen molar-refractivity contribution in [3.8, 4) is 0 Å². The minimum Gasteiger partial charge on any atom is -0.317 e. The van der Waals surface area contributed by atoms with Gasteiger partial charge >= 0.3 is 0 Å². The van der Waals surface area contributed by atoms with E-state index in [4.69, 9.17) is 0 Å². The number of piperidine rings is 1. The van der Waals surface area contributed by atoms with Gasteiger partial charge in [0.15, 0.2) is 0 Å². The lowest BCUT2D eigenvalue weighted by atomic mass is 9.86. The lowest BCUT2D eigenvalue weighted by Crippen LogP contribution is -2.32. The molecule has 0 bridgehead atoms. The molecule has 1 aliphatic heterocycles. The van der Waals surface area contributed by atoms with Crippen LogP contribution >= 0.6 is 0 Å². The molecule has 1 nitrogen and oxygen atoms in total. The average Bonchev–Trinajstić information content (AvgIpc) is 2.05. The van der Waals surface area contributed by atoms with Gasteiger partial charge in [0.05, 0.1) is 0 Å². The highest BCUT2D eigenvalue weighted by Gasteiger charge is 2.26. The van der Waals surface area contributed by atoms with Crippen LogP contribution in [0.15, 0.2) is 0 Å². The second kappa shape index (κ2) is 4.00. The van der Waals surface area contributed by atoms with Gasteiger partial charge < -0.3 is 5.32 Å². The summed E-state index contributed by atoms with van der Waals surface area (Å²) in [5.41, 5.74) is 0. The average molecular weight is 163 g/mol. The Balaban J connectivity index is 2.32. The molecule has 0 aliphatic carbocycles. The number of rotatable bonds is 2. The molecule has 0 spiro atoms. The largest absolute Gasteiger partial charge is 0.317 e. The summed E-state index contributed by atoms with van der Waals surface area (Å²) in [6.45, 7) is 3.46. The van der Waals surface area contributed by atoms with Gasteiger partial charge in [0.1, 0.15) is 0 Å². The molecular formula is C8H15F2N. The molecule has 1 aliphatic rings. The Morgan fingerprint density at radius 3 is 2.27 bits per heavy atom. The highest BCUT2D eigenvalue weighted by atomic mass is 19.3. The fourth-order valence-electron chi connectivity index (χ4n) is 1.58. The van der Waals surface area contributed by atoms with Crippen LogP contribution in [-0.4, -0.2) is 19.5 Å². The zero-order valence-electron chi connectivity index (χ0n) is 6.82. The highest BCUT2D eigenvalue weighted by Crippen LogP contribution is 2.26. The summed E-state index contributed by atoms with van der Waals surface area (Å²) in [7, 11) is 0. The summed E-state index contributed by atoms with van der Waals surface area (Å²) >= 11 is 0. The molecule has 11 heavy (non-hydrogen) atoms. The topological polar surface area (TPSA) is 12.0 Å². The molecule has 3 heteroatoms. The van der Waals surface area contributed by atoms with Gasteiger partial charge in [0.2, 0.25) is 6.43 Å². The molecule has 0 aromatic heterocycles. The van der Waals surface area contributed by atoms with E-state index >= 15 is 0 Å². The summed E-state index contributed by atoms with van der Waals surface area (Å²) in [5, 5.41) is 3.16. The number of hydrogen-bond acceptors (Lipinski definition) is 1. The number of alkyl halides is 2. The zero-order valence-corrected chi connectivity index (χ0v) is 6.82. The maximum atomic E-state index is 12.2. The van der Waals surface area contributed by atoms with Crippen molar-refractivity contribution in [1.29, 1.82) is 0 Å². The van der Waals surface area contributed by atoms with Gasteiger partial charge in [-0.2, -0.15) is 0 Å². The molecule has 0 amide bonds. The molecule has 1 fully saturated rings. The third kappa shape index (κ3) is 2.40. The van der Waals surface area contributed by atoms with E-state index in [1.54, 1.807) is 6.92 Å². The predicted octanol–water partition coefficient (Wildman–Crippen LogP) is 1.89. The van der Waals surface area contributed by atoms with Gasteiger partial charge in [0.25, 0.3) is 0 Å². The molecular weight excluding hydrogens is 148 g/mol. The van der Waals surface area contributed by atoms with E-state index in [-0.39, 0.29) is 5.92 Å². The normalized spacial score (nSPS) is 24.0. The molecule has 0 aromatic carbocycles. The Bertz CT molecular complexity index is 111. The Kier molecular flexibility index (Phi) is 3.24. The number of hydrogen-bond donors (Lipinski definition) is 1. The molecule has 1 saturated heterocycles. The quantitative estimate of drug-likeness (QED) is 0.655. The van der Waals surface area contributed by atoms with Gasteiger partial charge in [-0.3, -0.25) is 0 Å². The van der Waals surface area contributed by atoms with Gasteiger partial charge in [-0.25, -0.2) is 8.78 Å². The van der Waals surface area contributed by atoms with E-state index in [1.165, 1.54) is 0 Å². The maximum absolute atomic E-state index is 12.2. The van der Waals surface area contributed by atoms with Gasteiger partial charge in [-0.05, 0) is 31.8 Å². The SMILES string of the molecule is CC(C(F)F)C1CCNCC1. The Morgan fingerprint density at radius 1 is 1.27 bits per heavy atom. The van der Waals surface area contributed by atoms with Crippen LogP contribution in [0.1, 0.15) is 19.8 Å². The Hall–Kier alpha value is -0.180. The first kappa shape index (κ1) is 8.91. The number of halogens is 2. The minimum absolute atomic E-state index is 0.233. The molecule has 1 N–H and O–H groups in total. The molecule has 1 rings (SSSR count). The van der Waals surface area contributed by atoms with Crippen molar-refractivity contribution in [2.24, 2.45) is 11.8 Å². The van der Waals surface area contributed by atoms with Crippen molar-refractivity contribution in [2.75, 3.05) is 13.1 Å². The number of nitrogens with one attached hydrogen (secondary N) is 1. The van der Waals surface area contributed by atoms with Crippen LogP contribution < -0.4 is 5.32 Å². The maximum Gasteiger partial charge on any atom is 0.241 e. The minimum atomic E-state index is -2.14. The van der Waals surface area contributed by atoms with E-state index in [0.717, 1.165) is 25.9 Å². The predicted molar refractivity (Wildman–Crippen MR) is 40.8 cm³/mol. The van der Waals surface area contributed by atoms with E-state index in [9.17, 15) is 8.78 Å². The smallest absolute Gasteiger partial charge is 0.241 e. The molecule has 0 radical (unpaired) electrons. The van der Waals surface area contributed by atoms with E-state index in [2.05, 4.69) is 5.32 Å². The lowest BCUT2D eigenvalue weighted by molar-refractivity contribution is 0.0442. The van der Waals surface area contributed by atoms with Crippen molar-refractivity contribution >= 4 is 0 Å². The van der Waals surface area contributed by atoms with Crippen LogP contribution in [0, 0.1) is 11.8 Å². The molecule has 1 atom stereocenters. The van der Waals surface area contributed by atoms with Crippen molar-refractivity contribution in [3.63, 3.8) is 0 Å². The summed E-state index contributed by atoms with van der Waals surface area (Å²) in [4.78, 5) is 0. The second-order valence-corrected chi connectivity index (χ2v) is 3.28. The third-order valence-electron chi connectivity index (χ3n) is 2.52. The van der Waals surface area contributed by atoms with E-state index < -0.39 is 12.3 Å². The van der Waals surface area contributed by atoms with E-state index in [0.29, 0.717) is 0 Å². The van der Waals surface area contributed by atoms with Crippen LogP contribution in [-0.2, 0) is 0 Å². The fraction of sp³-hybridized carbons (Fsp3) is 1.00. The van der Waals surface area contributed by atoms with Crippen molar-refractivity contribution < 1.29 is 8.78 Å². The molecule has 1 unspecified atom stereocenters. The van der Waals surface area contributed by atoms with Crippen LogP contribution in [0.25, 0.3) is 0 Å².